The number of benzene rings is 2. The van der Waals surface area contributed by atoms with Gasteiger partial charge in [-0.1, -0.05) is 11.6 Å². The first kappa shape index (κ1) is 17.3. The van der Waals surface area contributed by atoms with Crippen molar-refractivity contribution >= 4 is 34.1 Å². The summed E-state index contributed by atoms with van der Waals surface area (Å²) in [4.78, 5) is 15.7. The molecule has 2 aromatic carbocycles. The summed E-state index contributed by atoms with van der Waals surface area (Å²) < 4.78 is 18.8. The normalized spacial score (nSPS) is 10.9. The number of nitrogens with one attached hydrogen (secondary N) is 2. The highest BCUT2D eigenvalue weighted by atomic mass is 35.5. The fourth-order valence-electron chi connectivity index (χ4n) is 2.87. The molecule has 0 unspecified atom stereocenters. The number of anilines is 1. The van der Waals surface area contributed by atoms with Gasteiger partial charge in [-0.05, 0) is 49.2 Å². The predicted octanol–water partition coefficient (Wildman–Crippen LogP) is 4.77. The summed E-state index contributed by atoms with van der Waals surface area (Å²) in [6, 6.07) is 7.93. The van der Waals surface area contributed by atoms with Crippen LogP contribution in [0.4, 0.5) is 10.1 Å². The molecule has 0 spiro atoms. The molecule has 3 rings (SSSR count). The number of amides is 1. The van der Waals surface area contributed by atoms with Gasteiger partial charge in [-0.25, -0.2) is 4.39 Å². The number of ether oxygens (including phenoxy) is 1. The molecule has 1 heterocycles. The van der Waals surface area contributed by atoms with Crippen molar-refractivity contribution in [1.29, 1.82) is 0 Å². The first-order valence-electron chi connectivity index (χ1n) is 7.79. The van der Waals surface area contributed by atoms with E-state index in [0.717, 1.165) is 22.3 Å². The molecule has 1 aromatic heterocycles. The van der Waals surface area contributed by atoms with Crippen molar-refractivity contribution < 1.29 is 13.9 Å². The molecular formula is C19H18ClFN2O2. The molecule has 0 atom stereocenters. The molecular weight excluding hydrogens is 343 g/mol. The number of carbonyl (C=O) groups excluding carboxylic acids is 1. The van der Waals surface area contributed by atoms with E-state index in [-0.39, 0.29) is 18.1 Å². The number of rotatable bonds is 4. The number of hydrogen-bond acceptors (Lipinski definition) is 2. The van der Waals surface area contributed by atoms with Crippen molar-refractivity contribution in [1.82, 2.24) is 4.98 Å². The molecule has 3 aromatic rings. The number of halogens is 2. The van der Waals surface area contributed by atoms with Crippen LogP contribution in [0.2, 0.25) is 5.02 Å². The van der Waals surface area contributed by atoms with Gasteiger partial charge in [0.05, 0.1) is 19.2 Å². The second-order valence-corrected chi connectivity index (χ2v) is 6.35. The molecule has 4 nitrogen and oxygen atoms in total. The third-order valence-corrected chi connectivity index (χ3v) is 4.58. The molecule has 0 radical (unpaired) electrons. The van der Waals surface area contributed by atoms with E-state index >= 15 is 0 Å². The average molecular weight is 361 g/mol. The van der Waals surface area contributed by atoms with Gasteiger partial charge in [0.25, 0.3) is 0 Å². The maximum absolute atomic E-state index is 13.5. The zero-order valence-electron chi connectivity index (χ0n) is 14.2. The van der Waals surface area contributed by atoms with E-state index in [0.29, 0.717) is 21.8 Å². The van der Waals surface area contributed by atoms with Gasteiger partial charge in [-0.2, -0.15) is 0 Å². The van der Waals surface area contributed by atoms with Gasteiger partial charge in [-0.15, -0.1) is 0 Å². The van der Waals surface area contributed by atoms with Crippen LogP contribution in [0.15, 0.2) is 30.3 Å². The highest BCUT2D eigenvalue weighted by Crippen LogP contribution is 2.31. The second-order valence-electron chi connectivity index (χ2n) is 5.95. The highest BCUT2D eigenvalue weighted by Gasteiger charge is 2.15. The lowest BCUT2D eigenvalue weighted by molar-refractivity contribution is -0.115. The lowest BCUT2D eigenvalue weighted by Gasteiger charge is -2.12. The minimum absolute atomic E-state index is 0.125. The first-order chi connectivity index (χ1) is 11.9. The summed E-state index contributed by atoms with van der Waals surface area (Å²) in [6.45, 7) is 3.72. The lowest BCUT2D eigenvalue weighted by Crippen LogP contribution is -2.15. The molecule has 6 heteroatoms. The van der Waals surface area contributed by atoms with Crippen molar-refractivity contribution in [3.05, 3.63) is 58.0 Å². The molecule has 0 fully saturated rings. The van der Waals surface area contributed by atoms with Gasteiger partial charge in [0.1, 0.15) is 11.6 Å². The van der Waals surface area contributed by atoms with E-state index in [4.69, 9.17) is 16.3 Å². The van der Waals surface area contributed by atoms with Gasteiger partial charge in [0, 0.05) is 27.7 Å². The Morgan fingerprint density at radius 2 is 2.04 bits per heavy atom. The van der Waals surface area contributed by atoms with E-state index in [1.165, 1.54) is 19.2 Å². The van der Waals surface area contributed by atoms with E-state index < -0.39 is 0 Å². The van der Waals surface area contributed by atoms with Crippen molar-refractivity contribution in [3.63, 3.8) is 0 Å². The number of aromatic amines is 1. The Morgan fingerprint density at radius 3 is 2.76 bits per heavy atom. The monoisotopic (exact) mass is 360 g/mol. The van der Waals surface area contributed by atoms with Gasteiger partial charge in [-0.3, -0.25) is 4.79 Å². The Hall–Kier alpha value is -2.53. The molecule has 0 saturated carbocycles. The molecule has 0 aliphatic rings. The zero-order chi connectivity index (χ0) is 18.1. The van der Waals surface area contributed by atoms with Crippen LogP contribution < -0.4 is 10.1 Å². The second kappa shape index (κ2) is 6.76. The number of carbonyl (C=O) groups is 1. The van der Waals surface area contributed by atoms with Gasteiger partial charge >= 0.3 is 0 Å². The van der Waals surface area contributed by atoms with Gasteiger partial charge in [0.2, 0.25) is 5.91 Å². The number of hydrogen-bond donors (Lipinski definition) is 2. The van der Waals surface area contributed by atoms with Crippen LogP contribution >= 0.6 is 11.6 Å². The maximum atomic E-state index is 13.5. The first-order valence-corrected chi connectivity index (χ1v) is 8.17. The van der Waals surface area contributed by atoms with Gasteiger partial charge in [0.15, 0.2) is 0 Å². The summed E-state index contributed by atoms with van der Waals surface area (Å²) in [6.07, 6.45) is 0.125. The van der Waals surface area contributed by atoms with Gasteiger partial charge < -0.3 is 15.0 Å². The molecule has 25 heavy (non-hydrogen) atoms. The smallest absolute Gasteiger partial charge is 0.228 e. The fourth-order valence-corrected chi connectivity index (χ4v) is 3.02. The maximum Gasteiger partial charge on any atom is 0.228 e. The fraction of sp³-hybridized carbons (Fsp3) is 0.211. The lowest BCUT2D eigenvalue weighted by atomic mass is 10.1. The van der Waals surface area contributed by atoms with Crippen LogP contribution in [0, 0.1) is 19.7 Å². The Bertz CT molecular complexity index is 966. The van der Waals surface area contributed by atoms with Crippen LogP contribution in [-0.2, 0) is 11.2 Å². The van der Waals surface area contributed by atoms with Crippen molar-refractivity contribution in [2.75, 3.05) is 12.4 Å². The van der Waals surface area contributed by atoms with Crippen LogP contribution in [0.3, 0.4) is 0 Å². The third-order valence-electron chi connectivity index (χ3n) is 4.17. The topological polar surface area (TPSA) is 54.1 Å². The van der Waals surface area contributed by atoms with E-state index in [1.54, 1.807) is 18.2 Å². The minimum Gasteiger partial charge on any atom is -0.495 e. The number of aromatic nitrogens is 1. The van der Waals surface area contributed by atoms with E-state index in [1.807, 2.05) is 13.8 Å². The van der Waals surface area contributed by atoms with Crippen molar-refractivity contribution in [2.45, 2.75) is 20.3 Å². The molecule has 1 amide bonds. The summed E-state index contributed by atoms with van der Waals surface area (Å²) >= 11 is 6.08. The highest BCUT2D eigenvalue weighted by molar-refractivity contribution is 6.31. The predicted molar refractivity (Wildman–Crippen MR) is 98.1 cm³/mol. The molecule has 2 N–H and O–H groups in total. The quantitative estimate of drug-likeness (QED) is 0.704. The summed E-state index contributed by atoms with van der Waals surface area (Å²) in [5.74, 6) is -0.0536. The van der Waals surface area contributed by atoms with Crippen LogP contribution in [0.1, 0.15) is 16.8 Å². The van der Waals surface area contributed by atoms with Crippen molar-refractivity contribution in [2.24, 2.45) is 0 Å². The molecule has 0 bridgehead atoms. The number of methoxy groups -OCH3 is 1. The summed E-state index contributed by atoms with van der Waals surface area (Å²) in [5, 5.41) is 4.13. The van der Waals surface area contributed by atoms with Crippen LogP contribution in [-0.4, -0.2) is 18.0 Å². The number of fused-ring (bicyclic) bond motifs is 1. The Morgan fingerprint density at radius 1 is 1.28 bits per heavy atom. The molecule has 0 aliphatic carbocycles. The number of aryl methyl sites for hydroxylation is 2. The summed E-state index contributed by atoms with van der Waals surface area (Å²) in [5.41, 5.74) is 3.81. The zero-order valence-corrected chi connectivity index (χ0v) is 14.9. The Labute approximate surface area is 149 Å². The standard InChI is InChI=1S/C19H18ClFN2O2/c1-10-6-17(18(25-3)9-15(10)20)23-19(24)8-13-11(2)22-16-5-4-12(21)7-14(13)16/h4-7,9,22H,8H2,1-3H3,(H,23,24). The number of H-pyrrole nitrogens is 1. The summed E-state index contributed by atoms with van der Waals surface area (Å²) in [7, 11) is 1.52. The van der Waals surface area contributed by atoms with Crippen LogP contribution in [0.25, 0.3) is 10.9 Å². The largest absolute Gasteiger partial charge is 0.495 e. The molecule has 0 saturated heterocycles. The van der Waals surface area contributed by atoms with E-state index in [9.17, 15) is 9.18 Å². The average Bonchev–Trinajstić information content (AvgIpc) is 2.86. The van der Waals surface area contributed by atoms with E-state index in [2.05, 4.69) is 10.3 Å². The van der Waals surface area contributed by atoms with Crippen LogP contribution in [0.5, 0.6) is 5.75 Å². The van der Waals surface area contributed by atoms with Crippen molar-refractivity contribution in [3.8, 4) is 5.75 Å². The minimum atomic E-state index is -0.330. The molecule has 0 aliphatic heterocycles. The third kappa shape index (κ3) is 3.46. The SMILES string of the molecule is COc1cc(Cl)c(C)cc1NC(=O)Cc1c(C)[nH]c2ccc(F)cc12. The molecule has 130 valence electrons. The Balaban J connectivity index is 1.88. The Kier molecular flexibility index (Phi) is 4.68.